The molecule has 4 aliphatic carbocycles. The van der Waals surface area contributed by atoms with Crippen molar-refractivity contribution in [1.29, 1.82) is 0 Å². The van der Waals surface area contributed by atoms with Crippen LogP contribution in [0.15, 0.2) is 0 Å². The van der Waals surface area contributed by atoms with Crippen molar-refractivity contribution in [3.63, 3.8) is 0 Å². The zero-order valence-corrected chi connectivity index (χ0v) is 15.9. The minimum absolute atomic E-state index is 0.0199. The van der Waals surface area contributed by atoms with E-state index in [1.54, 1.807) is 0 Å². The maximum atomic E-state index is 13.5. The van der Waals surface area contributed by atoms with Gasteiger partial charge in [0.2, 0.25) is 0 Å². The first kappa shape index (κ1) is 15.6. The lowest BCUT2D eigenvalue weighted by Crippen LogP contribution is -2.71. The Morgan fingerprint density at radius 3 is 2.88 bits per heavy atom. The summed E-state index contributed by atoms with van der Waals surface area (Å²) in [6, 6.07) is 0. The van der Waals surface area contributed by atoms with Gasteiger partial charge in [-0.2, -0.15) is 0 Å². The van der Waals surface area contributed by atoms with Gasteiger partial charge in [-0.1, -0.05) is 20.3 Å². The van der Waals surface area contributed by atoms with Crippen molar-refractivity contribution in [3.8, 4) is 0 Å². The van der Waals surface area contributed by atoms with E-state index in [9.17, 15) is 4.79 Å². The number of piperidine rings is 1. The SMILES string of the molecule is C[C@H]1C(=O)[C@@]23CC[C@@H]4[C@]5(C)CCC[C@@]4([C@@H]4OCCN4C5)[C@@H]2CC[C@@H]1C3. The van der Waals surface area contributed by atoms with Crippen molar-refractivity contribution in [3.05, 3.63) is 0 Å². The van der Waals surface area contributed by atoms with E-state index in [0.717, 1.165) is 19.1 Å². The highest BCUT2D eigenvalue weighted by atomic mass is 16.5. The molecule has 25 heavy (non-hydrogen) atoms. The number of ether oxygens (including phenoxy) is 1. The topological polar surface area (TPSA) is 29.5 Å². The van der Waals surface area contributed by atoms with Crippen LogP contribution in [0.1, 0.15) is 65.2 Å². The lowest BCUT2D eigenvalue weighted by molar-refractivity contribution is -0.265. The van der Waals surface area contributed by atoms with Gasteiger partial charge in [-0.15, -0.1) is 0 Å². The molecule has 0 amide bonds. The lowest BCUT2D eigenvalue weighted by Gasteiger charge is -2.70. The van der Waals surface area contributed by atoms with E-state index in [-0.39, 0.29) is 10.8 Å². The van der Waals surface area contributed by atoms with Crippen LogP contribution in [-0.4, -0.2) is 36.6 Å². The summed E-state index contributed by atoms with van der Waals surface area (Å²) in [5.74, 6) is 3.02. The summed E-state index contributed by atoms with van der Waals surface area (Å²) in [6.45, 7) is 8.06. The van der Waals surface area contributed by atoms with Gasteiger partial charge >= 0.3 is 0 Å². The van der Waals surface area contributed by atoms with Crippen molar-refractivity contribution in [2.24, 2.45) is 39.9 Å². The summed E-state index contributed by atoms with van der Waals surface area (Å²) >= 11 is 0. The molecule has 0 aromatic carbocycles. The first-order valence-corrected chi connectivity index (χ1v) is 10.9. The smallest absolute Gasteiger partial charge is 0.142 e. The first-order valence-electron chi connectivity index (χ1n) is 10.9. The summed E-state index contributed by atoms with van der Waals surface area (Å²) < 4.78 is 6.48. The van der Waals surface area contributed by atoms with Gasteiger partial charge in [0.25, 0.3) is 0 Å². The average molecular weight is 344 g/mol. The van der Waals surface area contributed by atoms with Crippen LogP contribution in [0.25, 0.3) is 0 Å². The molecular weight excluding hydrogens is 310 g/mol. The van der Waals surface area contributed by atoms with Crippen molar-refractivity contribution in [2.45, 2.75) is 71.4 Å². The maximum Gasteiger partial charge on any atom is 0.142 e. The number of Topliss-reactive ketones (excluding diaryl/α,β-unsaturated/α-hetero) is 1. The largest absolute Gasteiger partial charge is 0.361 e. The summed E-state index contributed by atoms with van der Waals surface area (Å²) in [6.07, 6.45) is 10.6. The second-order valence-corrected chi connectivity index (χ2v) is 10.8. The standard InChI is InChI=1S/C22H33NO2/c1-14-15-4-5-17-21(12-15,18(14)24)9-6-16-20(2)7-3-8-22(16,17)19-23(13-20)10-11-25-19/h14-17,19H,3-13H2,1-2H3/t14-,15-,16-,17-,19+,20-,21-,22+/m1/s1. The number of hydrogen-bond acceptors (Lipinski definition) is 3. The molecule has 6 rings (SSSR count). The molecule has 3 nitrogen and oxygen atoms in total. The van der Waals surface area contributed by atoms with E-state index in [0.29, 0.717) is 35.2 Å². The molecule has 0 unspecified atom stereocenters. The number of hydrogen-bond donors (Lipinski definition) is 0. The molecule has 4 bridgehead atoms. The maximum absolute atomic E-state index is 13.5. The van der Waals surface area contributed by atoms with E-state index in [4.69, 9.17) is 4.74 Å². The summed E-state index contributed by atoms with van der Waals surface area (Å²) in [5, 5.41) is 0. The Morgan fingerprint density at radius 1 is 1.12 bits per heavy atom. The Balaban J connectivity index is 1.53. The number of ketones is 1. The van der Waals surface area contributed by atoms with Gasteiger partial charge in [-0.3, -0.25) is 9.69 Å². The van der Waals surface area contributed by atoms with E-state index >= 15 is 0 Å². The quantitative estimate of drug-likeness (QED) is 0.669. The molecule has 2 saturated heterocycles. The van der Waals surface area contributed by atoms with Gasteiger partial charge in [0.05, 0.1) is 6.61 Å². The van der Waals surface area contributed by atoms with E-state index < -0.39 is 0 Å². The highest BCUT2D eigenvalue weighted by Gasteiger charge is 2.73. The second-order valence-electron chi connectivity index (χ2n) is 10.8. The van der Waals surface area contributed by atoms with Crippen LogP contribution in [0.3, 0.4) is 0 Å². The highest BCUT2D eigenvalue weighted by molar-refractivity contribution is 5.90. The van der Waals surface area contributed by atoms with Crippen LogP contribution in [0.4, 0.5) is 0 Å². The fraction of sp³-hybridized carbons (Fsp3) is 0.955. The third-order valence-electron chi connectivity index (χ3n) is 10.1. The van der Waals surface area contributed by atoms with Crippen molar-refractivity contribution >= 4 is 5.78 Å². The van der Waals surface area contributed by atoms with E-state index in [1.165, 1.54) is 57.9 Å². The minimum atomic E-state index is 0.0199. The van der Waals surface area contributed by atoms with Crippen molar-refractivity contribution in [1.82, 2.24) is 4.90 Å². The second kappa shape index (κ2) is 4.70. The Hall–Kier alpha value is -0.410. The number of rotatable bonds is 0. The van der Waals surface area contributed by atoms with Crippen LogP contribution in [-0.2, 0) is 9.53 Å². The summed E-state index contributed by atoms with van der Waals surface area (Å²) in [7, 11) is 0. The molecule has 0 aromatic rings. The zero-order valence-electron chi connectivity index (χ0n) is 15.9. The van der Waals surface area contributed by atoms with Crippen molar-refractivity contribution in [2.75, 3.05) is 19.7 Å². The molecule has 0 radical (unpaired) electrons. The summed E-state index contributed by atoms with van der Waals surface area (Å²) in [4.78, 5) is 16.2. The predicted molar refractivity (Wildman–Crippen MR) is 95.9 cm³/mol. The third-order valence-corrected chi connectivity index (χ3v) is 10.1. The van der Waals surface area contributed by atoms with Crippen LogP contribution in [0, 0.1) is 39.9 Å². The number of nitrogens with zero attached hydrogens (tertiary/aromatic N) is 1. The van der Waals surface area contributed by atoms with Gasteiger partial charge in [0, 0.05) is 29.8 Å². The van der Waals surface area contributed by atoms with Gasteiger partial charge in [-0.25, -0.2) is 0 Å². The molecule has 4 saturated carbocycles. The van der Waals surface area contributed by atoms with E-state index in [2.05, 4.69) is 18.7 Å². The van der Waals surface area contributed by atoms with Crippen LogP contribution in [0.5, 0.6) is 0 Å². The van der Waals surface area contributed by atoms with Crippen LogP contribution in [0.2, 0.25) is 0 Å². The monoisotopic (exact) mass is 343 g/mol. The lowest BCUT2D eigenvalue weighted by atomic mass is 9.38. The number of fused-ring (bicyclic) bond motifs is 2. The molecule has 6 aliphatic rings. The van der Waals surface area contributed by atoms with Gasteiger partial charge < -0.3 is 4.74 Å². The third kappa shape index (κ3) is 1.61. The predicted octanol–water partition coefficient (Wildman–Crippen LogP) is 3.87. The molecule has 8 atom stereocenters. The van der Waals surface area contributed by atoms with Gasteiger partial charge in [-0.05, 0) is 68.1 Å². The summed E-state index contributed by atoms with van der Waals surface area (Å²) in [5.41, 5.74) is 0.741. The number of carbonyl (C=O) groups is 1. The first-order chi connectivity index (χ1) is 12.0. The molecule has 1 spiro atoms. The fourth-order valence-corrected chi connectivity index (χ4v) is 9.43. The Kier molecular flexibility index (Phi) is 2.94. The minimum Gasteiger partial charge on any atom is -0.361 e. The van der Waals surface area contributed by atoms with Crippen LogP contribution >= 0.6 is 0 Å². The Morgan fingerprint density at radius 2 is 2.00 bits per heavy atom. The number of carbonyl (C=O) groups excluding carboxylic acids is 1. The van der Waals surface area contributed by atoms with E-state index in [1.807, 2.05) is 0 Å². The van der Waals surface area contributed by atoms with Gasteiger partial charge in [0.15, 0.2) is 0 Å². The Bertz CT molecular complexity index is 634. The molecule has 2 heterocycles. The molecule has 0 N–H and O–H groups in total. The molecule has 0 aromatic heterocycles. The average Bonchev–Trinajstić information content (AvgIpc) is 3.12. The molecule has 138 valence electrons. The molecular formula is C22H33NO2. The van der Waals surface area contributed by atoms with Crippen molar-refractivity contribution < 1.29 is 9.53 Å². The van der Waals surface area contributed by atoms with Crippen LogP contribution < -0.4 is 0 Å². The highest BCUT2D eigenvalue weighted by Crippen LogP contribution is 2.74. The van der Waals surface area contributed by atoms with Gasteiger partial charge in [0.1, 0.15) is 12.0 Å². The normalized spacial score (nSPS) is 60.1. The molecule has 3 heteroatoms. The molecule has 2 aliphatic heterocycles. The fourth-order valence-electron chi connectivity index (χ4n) is 9.43. The molecule has 6 fully saturated rings. The zero-order chi connectivity index (χ0) is 17.0. The Labute approximate surface area is 151 Å².